The number of hydrogen-bond donors (Lipinski definition) is 1. The summed E-state index contributed by atoms with van der Waals surface area (Å²) in [6, 6.07) is 0. The molecule has 48 valence electrons. The highest BCUT2D eigenvalue weighted by Crippen LogP contribution is 1.73. The maximum atomic E-state index is 9.73. The van der Waals surface area contributed by atoms with Crippen LogP contribution in [0.25, 0.3) is 0 Å². The summed E-state index contributed by atoms with van der Waals surface area (Å²) in [5.41, 5.74) is 1.89. The third kappa shape index (κ3) is 1.48. The number of nitro groups is 1. The minimum Gasteiger partial charge on any atom is -0.231 e. The molecule has 0 spiro atoms. The first kappa shape index (κ1) is 5.67. The van der Waals surface area contributed by atoms with Crippen molar-refractivity contribution in [1.82, 2.24) is 5.53 Å². The lowest BCUT2D eigenvalue weighted by molar-refractivity contribution is -0.744. The molecule has 0 radical (unpaired) electrons. The average molecular weight is 129 g/mol. The van der Waals surface area contributed by atoms with Crippen LogP contribution in [0.1, 0.15) is 0 Å². The fraction of sp³-hybridized carbons (Fsp3) is 0.333. The molecule has 0 aromatic rings. The average Bonchev–Trinajstić information content (AvgIpc) is 2.15. The van der Waals surface area contributed by atoms with Gasteiger partial charge in [-0.25, -0.2) is 15.1 Å². The molecule has 0 aromatic heterocycles. The third-order valence-electron chi connectivity index (χ3n) is 0.787. The van der Waals surface area contributed by atoms with Gasteiger partial charge in [0.15, 0.2) is 0 Å². The molecule has 0 atom stereocenters. The van der Waals surface area contributed by atoms with E-state index in [0.29, 0.717) is 6.54 Å². The van der Waals surface area contributed by atoms with Crippen molar-refractivity contribution in [1.29, 1.82) is 0 Å². The molecule has 0 fully saturated rings. The highest BCUT2D eigenvalue weighted by molar-refractivity contribution is 5.66. The molecule has 6 nitrogen and oxygen atoms in total. The zero-order valence-electron chi connectivity index (χ0n) is 4.52. The second-order valence-electron chi connectivity index (χ2n) is 1.43. The molecule has 1 aliphatic heterocycles. The molecule has 0 saturated carbocycles. The second-order valence-corrected chi connectivity index (χ2v) is 1.43. The molecule has 0 amide bonds. The van der Waals surface area contributed by atoms with Gasteiger partial charge in [0.25, 0.3) is 6.34 Å². The van der Waals surface area contributed by atoms with E-state index in [9.17, 15) is 10.1 Å². The summed E-state index contributed by atoms with van der Waals surface area (Å²) in [4.78, 5) is 13.4. The maximum absolute atomic E-state index is 9.73. The second kappa shape index (κ2) is 2.21. The molecule has 1 rings (SSSR count). The van der Waals surface area contributed by atoms with Gasteiger partial charge in [0.1, 0.15) is 12.1 Å². The first-order valence-corrected chi connectivity index (χ1v) is 2.31. The van der Waals surface area contributed by atoms with Gasteiger partial charge in [-0.05, 0) is 4.68 Å². The van der Waals surface area contributed by atoms with Crippen molar-refractivity contribution >= 4 is 12.6 Å². The monoisotopic (exact) mass is 129 g/mol. The van der Waals surface area contributed by atoms with Gasteiger partial charge in [-0.15, -0.1) is 0 Å². The van der Waals surface area contributed by atoms with Crippen molar-refractivity contribution in [3.63, 3.8) is 0 Å². The zero-order valence-corrected chi connectivity index (χ0v) is 4.52. The highest BCUT2D eigenvalue weighted by Gasteiger charge is 2.09. The Balaban J connectivity index is 2.45. The van der Waals surface area contributed by atoms with Crippen molar-refractivity contribution in [2.24, 2.45) is 4.99 Å². The Morgan fingerprint density at radius 3 is 3.11 bits per heavy atom. The highest BCUT2D eigenvalue weighted by atomic mass is 16.7. The summed E-state index contributed by atoms with van der Waals surface area (Å²) < 4.78 is 1.19. The number of hydrazone groups is 1. The van der Waals surface area contributed by atoms with E-state index < -0.39 is 5.03 Å². The molecule has 0 aliphatic carbocycles. The number of hydrazine groups is 2. The number of rotatable bonds is 2. The number of hydrogen-bond acceptors (Lipinski definition) is 3. The molecule has 0 aromatic carbocycles. The van der Waals surface area contributed by atoms with E-state index in [1.165, 1.54) is 11.0 Å². The number of nitrogens with one attached hydrogen (secondary N) is 1. The van der Waals surface area contributed by atoms with Crippen molar-refractivity contribution < 1.29 is 9.72 Å². The first-order chi connectivity index (χ1) is 4.29. The van der Waals surface area contributed by atoms with E-state index in [-0.39, 0.29) is 0 Å². The molecule has 9 heavy (non-hydrogen) atoms. The Morgan fingerprint density at radius 1 is 1.89 bits per heavy atom. The Hall–Kier alpha value is -1.46. The van der Waals surface area contributed by atoms with Crippen LogP contribution in [0.3, 0.4) is 0 Å². The van der Waals surface area contributed by atoms with Gasteiger partial charge in [-0.3, -0.25) is 0 Å². The lowest BCUT2D eigenvalue weighted by Crippen LogP contribution is -2.32. The normalized spacial score (nSPS) is 15.3. The Morgan fingerprint density at radius 2 is 2.67 bits per heavy atom. The number of aliphatic imine (C=N–C) groups is 1. The van der Waals surface area contributed by atoms with E-state index in [0.717, 1.165) is 0 Å². The van der Waals surface area contributed by atoms with Crippen LogP contribution in [-0.2, 0) is 0 Å². The van der Waals surface area contributed by atoms with Crippen LogP contribution in [0, 0.1) is 10.1 Å². The first-order valence-electron chi connectivity index (χ1n) is 2.31. The van der Waals surface area contributed by atoms with Gasteiger partial charge in [-0.2, -0.15) is 0 Å². The fourth-order valence-electron chi connectivity index (χ4n) is 0.478. The maximum Gasteiger partial charge on any atom is 0.295 e. The van der Waals surface area contributed by atoms with Crippen molar-refractivity contribution in [2.75, 3.05) is 6.54 Å². The molecule has 0 unspecified atom stereocenters. The Kier molecular flexibility index (Phi) is 1.39. The van der Waals surface area contributed by atoms with E-state index in [2.05, 4.69) is 4.99 Å². The van der Waals surface area contributed by atoms with E-state index >= 15 is 0 Å². The lowest BCUT2D eigenvalue weighted by atomic mass is 10.8. The topological polar surface area (TPSA) is 70.5 Å². The number of nitrogens with zero attached hydrogens (tertiary/aromatic N) is 3. The Bertz CT molecular complexity index is 184. The summed E-state index contributed by atoms with van der Waals surface area (Å²) in [6.45, 7) is 0.501. The lowest BCUT2D eigenvalue weighted by Gasteiger charge is -1.82. The van der Waals surface area contributed by atoms with Crippen LogP contribution >= 0.6 is 0 Å². The molecular formula is C3H5N4O2+. The molecular weight excluding hydrogens is 124 g/mol. The minimum atomic E-state index is -0.645. The SMILES string of the molecule is O=[N+]([O-])N[N+]1=CCN=C1. The molecule has 0 bridgehead atoms. The van der Waals surface area contributed by atoms with E-state index in [4.69, 9.17) is 0 Å². The molecule has 1 N–H and O–H groups in total. The Labute approximate surface area is 50.6 Å². The van der Waals surface area contributed by atoms with Crippen LogP contribution in [0.4, 0.5) is 0 Å². The predicted octanol–water partition coefficient (Wildman–Crippen LogP) is -1.19. The largest absolute Gasteiger partial charge is 0.295 e. The van der Waals surface area contributed by atoms with Crippen molar-refractivity contribution in [3.8, 4) is 0 Å². The summed E-state index contributed by atoms with van der Waals surface area (Å²) >= 11 is 0. The van der Waals surface area contributed by atoms with E-state index in [1.54, 1.807) is 6.21 Å². The smallest absolute Gasteiger partial charge is 0.231 e. The summed E-state index contributed by atoms with van der Waals surface area (Å²) in [6.07, 6.45) is 2.91. The quantitative estimate of drug-likeness (QED) is 0.289. The van der Waals surface area contributed by atoms with Crippen LogP contribution in [0.15, 0.2) is 4.99 Å². The fourth-order valence-corrected chi connectivity index (χ4v) is 0.478. The molecule has 0 saturated heterocycles. The van der Waals surface area contributed by atoms with Gasteiger partial charge < -0.3 is 0 Å². The van der Waals surface area contributed by atoms with Crippen LogP contribution < -0.4 is 5.53 Å². The van der Waals surface area contributed by atoms with E-state index in [1.807, 2.05) is 5.53 Å². The standard InChI is InChI=1S/C3H5N4O2/c8-7(9)5-6-2-1-4-3-6/h2-3,5H,1H2/q+1. The molecule has 6 heteroatoms. The van der Waals surface area contributed by atoms with Crippen LogP contribution in [0.2, 0.25) is 0 Å². The van der Waals surface area contributed by atoms with Crippen LogP contribution in [0.5, 0.6) is 0 Å². The van der Waals surface area contributed by atoms with Gasteiger partial charge in [0, 0.05) is 0 Å². The summed E-state index contributed by atoms with van der Waals surface area (Å²) in [5, 5.41) is 9.08. The molecule has 1 aliphatic rings. The van der Waals surface area contributed by atoms with Crippen molar-refractivity contribution in [2.45, 2.75) is 0 Å². The van der Waals surface area contributed by atoms with Gasteiger partial charge in [0.05, 0.1) is 0 Å². The minimum absolute atomic E-state index is 0.501. The van der Waals surface area contributed by atoms with Crippen LogP contribution in [-0.4, -0.2) is 28.8 Å². The van der Waals surface area contributed by atoms with Gasteiger partial charge in [0.2, 0.25) is 11.2 Å². The van der Waals surface area contributed by atoms with Gasteiger partial charge >= 0.3 is 0 Å². The summed E-state index contributed by atoms with van der Waals surface area (Å²) in [7, 11) is 0. The van der Waals surface area contributed by atoms with Gasteiger partial charge in [-0.1, -0.05) is 0 Å². The summed E-state index contributed by atoms with van der Waals surface area (Å²) in [5.74, 6) is 0. The predicted molar refractivity (Wildman–Crippen MR) is 29.8 cm³/mol. The zero-order chi connectivity index (χ0) is 6.69. The van der Waals surface area contributed by atoms with Crippen molar-refractivity contribution in [3.05, 3.63) is 10.1 Å². The molecule has 1 heterocycles. The third-order valence-corrected chi connectivity index (χ3v) is 0.787.